The molecule has 0 saturated heterocycles. The zero-order chi connectivity index (χ0) is 17.5. The van der Waals surface area contributed by atoms with Crippen LogP contribution in [0.1, 0.15) is 84.0 Å². The highest BCUT2D eigenvalue weighted by atomic mass is 16.4. The van der Waals surface area contributed by atoms with Crippen LogP contribution in [0.2, 0.25) is 0 Å². The highest BCUT2D eigenvalue weighted by Crippen LogP contribution is 2.11. The Kier molecular flexibility index (Phi) is 13.1. The number of hydrogen-bond acceptors (Lipinski definition) is 3. The number of unbranched alkanes of at least 4 members (excludes halogenated alkanes) is 9. The molecule has 0 aliphatic carbocycles. The Bertz CT molecular complexity index is 359. The Morgan fingerprint density at radius 1 is 0.913 bits per heavy atom. The van der Waals surface area contributed by atoms with Crippen molar-refractivity contribution >= 4 is 17.8 Å². The van der Waals surface area contributed by atoms with Gasteiger partial charge in [-0.05, 0) is 6.42 Å². The molecule has 0 aliphatic heterocycles. The minimum atomic E-state index is -1.24. The van der Waals surface area contributed by atoms with Gasteiger partial charge in [-0.1, -0.05) is 64.7 Å². The van der Waals surface area contributed by atoms with Gasteiger partial charge in [0.25, 0.3) is 0 Å². The first-order valence-corrected chi connectivity index (χ1v) is 8.77. The first-order chi connectivity index (χ1) is 11.0. The van der Waals surface area contributed by atoms with Crippen molar-refractivity contribution in [2.24, 2.45) is 5.73 Å². The Morgan fingerprint density at radius 2 is 1.39 bits per heavy atom. The first-order valence-electron chi connectivity index (χ1n) is 8.77. The second-order valence-corrected chi connectivity index (χ2v) is 6.06. The molecule has 0 unspecified atom stereocenters. The molecule has 6 nitrogen and oxygen atoms in total. The van der Waals surface area contributed by atoms with E-state index < -0.39 is 17.9 Å². The van der Waals surface area contributed by atoms with E-state index >= 15 is 0 Å². The fourth-order valence-electron chi connectivity index (χ4n) is 2.44. The third-order valence-electron chi connectivity index (χ3n) is 3.80. The lowest BCUT2D eigenvalue weighted by molar-refractivity contribution is -0.143. The van der Waals surface area contributed by atoms with Crippen LogP contribution in [0.25, 0.3) is 0 Å². The number of rotatable bonds is 15. The van der Waals surface area contributed by atoms with Crippen molar-refractivity contribution in [3.05, 3.63) is 0 Å². The van der Waals surface area contributed by atoms with Crippen LogP contribution in [0.4, 0.5) is 0 Å². The summed E-state index contributed by atoms with van der Waals surface area (Å²) in [6, 6.07) is -1.22. The number of nitrogens with one attached hydrogen (secondary N) is 1. The van der Waals surface area contributed by atoms with E-state index in [2.05, 4.69) is 12.2 Å². The lowest BCUT2D eigenvalue weighted by atomic mass is 10.1. The molecule has 0 bridgehead atoms. The Morgan fingerprint density at radius 3 is 1.83 bits per heavy atom. The number of aliphatic carboxylic acids is 1. The average molecular weight is 328 g/mol. The molecule has 6 heteroatoms. The van der Waals surface area contributed by atoms with E-state index in [1.54, 1.807) is 0 Å². The molecule has 134 valence electrons. The molecule has 0 spiro atoms. The zero-order valence-electron chi connectivity index (χ0n) is 14.3. The number of carboxylic acids is 1. The number of amides is 2. The molecule has 0 radical (unpaired) electrons. The molecule has 0 aromatic rings. The summed E-state index contributed by atoms with van der Waals surface area (Å²) in [5, 5.41) is 11.2. The van der Waals surface area contributed by atoms with Crippen molar-refractivity contribution in [2.75, 3.05) is 0 Å². The number of carbonyl (C=O) groups is 3. The van der Waals surface area contributed by atoms with Crippen LogP contribution in [0, 0.1) is 0 Å². The largest absolute Gasteiger partial charge is 0.480 e. The molecular weight excluding hydrogens is 296 g/mol. The maximum atomic E-state index is 11.6. The molecule has 2 amide bonds. The van der Waals surface area contributed by atoms with E-state index in [-0.39, 0.29) is 12.3 Å². The molecule has 0 saturated carbocycles. The van der Waals surface area contributed by atoms with Gasteiger partial charge in [0.05, 0.1) is 6.42 Å². The van der Waals surface area contributed by atoms with E-state index in [1.807, 2.05) is 0 Å². The number of carbonyl (C=O) groups excluding carboxylic acids is 2. The third kappa shape index (κ3) is 13.8. The summed E-state index contributed by atoms with van der Waals surface area (Å²) in [7, 11) is 0. The van der Waals surface area contributed by atoms with Crippen LogP contribution in [-0.4, -0.2) is 28.9 Å². The van der Waals surface area contributed by atoms with Crippen molar-refractivity contribution in [3.63, 3.8) is 0 Å². The van der Waals surface area contributed by atoms with Crippen molar-refractivity contribution < 1.29 is 19.5 Å². The van der Waals surface area contributed by atoms with Crippen LogP contribution in [-0.2, 0) is 14.4 Å². The average Bonchev–Trinajstić information content (AvgIpc) is 2.48. The Labute approximate surface area is 139 Å². The Balaban J connectivity index is 3.59. The summed E-state index contributed by atoms with van der Waals surface area (Å²) in [5.74, 6) is -2.31. The van der Waals surface area contributed by atoms with E-state index in [9.17, 15) is 14.4 Å². The maximum absolute atomic E-state index is 11.6. The van der Waals surface area contributed by atoms with Gasteiger partial charge in [0.15, 0.2) is 0 Å². The molecule has 0 aliphatic rings. The topological polar surface area (TPSA) is 109 Å². The van der Waals surface area contributed by atoms with E-state index in [0.717, 1.165) is 19.3 Å². The van der Waals surface area contributed by atoms with Crippen molar-refractivity contribution in [2.45, 2.75) is 90.0 Å². The number of carboxylic acid groups (broad SMARTS) is 1. The minimum Gasteiger partial charge on any atom is -0.480 e. The molecule has 0 aromatic heterocycles. The zero-order valence-corrected chi connectivity index (χ0v) is 14.3. The van der Waals surface area contributed by atoms with E-state index in [4.69, 9.17) is 10.8 Å². The van der Waals surface area contributed by atoms with Gasteiger partial charge >= 0.3 is 5.97 Å². The van der Waals surface area contributed by atoms with Gasteiger partial charge in [-0.15, -0.1) is 0 Å². The smallest absolute Gasteiger partial charge is 0.326 e. The van der Waals surface area contributed by atoms with E-state index in [0.29, 0.717) is 6.42 Å². The molecule has 23 heavy (non-hydrogen) atoms. The van der Waals surface area contributed by atoms with Gasteiger partial charge in [-0.2, -0.15) is 0 Å². The van der Waals surface area contributed by atoms with Crippen LogP contribution in [0.15, 0.2) is 0 Å². The summed E-state index contributed by atoms with van der Waals surface area (Å²) in [6.45, 7) is 2.21. The second-order valence-electron chi connectivity index (χ2n) is 6.06. The lowest BCUT2D eigenvalue weighted by Gasteiger charge is -2.12. The molecule has 0 heterocycles. The predicted molar refractivity (Wildman–Crippen MR) is 89.8 cm³/mol. The fourth-order valence-corrected chi connectivity index (χ4v) is 2.44. The standard InChI is InChI=1S/C17H32N2O4/c1-2-3-4-5-6-7-8-9-10-11-12-16(21)19-14(17(22)23)13-15(18)20/h14H,2-13H2,1H3,(H2,18,20)(H,19,21)(H,22,23)/t14-/m0/s1. The van der Waals surface area contributed by atoms with E-state index in [1.165, 1.54) is 44.9 Å². The van der Waals surface area contributed by atoms with Gasteiger partial charge in [0, 0.05) is 6.42 Å². The van der Waals surface area contributed by atoms with Gasteiger partial charge < -0.3 is 16.2 Å². The van der Waals surface area contributed by atoms with Crippen LogP contribution >= 0.6 is 0 Å². The van der Waals surface area contributed by atoms with Crippen LogP contribution in [0.3, 0.4) is 0 Å². The van der Waals surface area contributed by atoms with Crippen LogP contribution in [0.5, 0.6) is 0 Å². The minimum absolute atomic E-state index is 0.291. The van der Waals surface area contributed by atoms with Crippen molar-refractivity contribution in [1.29, 1.82) is 0 Å². The molecule has 4 N–H and O–H groups in total. The van der Waals surface area contributed by atoms with Gasteiger partial charge in [-0.25, -0.2) is 4.79 Å². The first kappa shape index (κ1) is 21.4. The summed E-state index contributed by atoms with van der Waals surface area (Å²) in [4.78, 5) is 33.3. The summed E-state index contributed by atoms with van der Waals surface area (Å²) in [5.41, 5.74) is 4.96. The maximum Gasteiger partial charge on any atom is 0.326 e. The molecule has 0 rings (SSSR count). The molecule has 1 atom stereocenters. The highest BCUT2D eigenvalue weighted by molar-refractivity contribution is 5.88. The SMILES string of the molecule is CCCCCCCCCCCCC(=O)N[C@@H](CC(N)=O)C(=O)O. The second kappa shape index (κ2) is 14.0. The molecule has 0 fully saturated rings. The summed E-state index contributed by atoms with van der Waals surface area (Å²) < 4.78 is 0. The number of hydrogen-bond donors (Lipinski definition) is 3. The van der Waals surface area contributed by atoms with Crippen molar-refractivity contribution in [1.82, 2.24) is 5.32 Å². The van der Waals surface area contributed by atoms with Crippen molar-refractivity contribution in [3.8, 4) is 0 Å². The van der Waals surface area contributed by atoms with Crippen LogP contribution < -0.4 is 11.1 Å². The number of primary amides is 1. The quantitative estimate of drug-likeness (QED) is 0.401. The molecule has 0 aromatic carbocycles. The van der Waals surface area contributed by atoms with Gasteiger partial charge in [0.1, 0.15) is 6.04 Å². The summed E-state index contributed by atoms with van der Waals surface area (Å²) in [6.07, 6.45) is 11.7. The highest BCUT2D eigenvalue weighted by Gasteiger charge is 2.21. The monoisotopic (exact) mass is 328 g/mol. The predicted octanol–water partition coefficient (Wildman–Crippen LogP) is 2.74. The lowest BCUT2D eigenvalue weighted by Crippen LogP contribution is -2.43. The normalized spacial score (nSPS) is 11.9. The third-order valence-corrected chi connectivity index (χ3v) is 3.80. The van der Waals surface area contributed by atoms with Gasteiger partial charge in [-0.3, -0.25) is 9.59 Å². The summed E-state index contributed by atoms with van der Waals surface area (Å²) >= 11 is 0. The number of nitrogens with two attached hydrogens (primary N) is 1. The Hall–Kier alpha value is -1.59. The van der Waals surface area contributed by atoms with Gasteiger partial charge in [0.2, 0.25) is 11.8 Å². The molecular formula is C17H32N2O4. The fraction of sp³-hybridized carbons (Fsp3) is 0.824.